The number of amides is 1. The molecule has 2 heterocycles. The number of rotatable bonds is 4. The van der Waals surface area contributed by atoms with Crippen LogP contribution in [0.5, 0.6) is 0 Å². The van der Waals surface area contributed by atoms with E-state index >= 15 is 0 Å². The Labute approximate surface area is 111 Å². The van der Waals surface area contributed by atoms with Gasteiger partial charge in [-0.2, -0.15) is 5.10 Å². The Hall–Kier alpha value is -2.28. The minimum absolute atomic E-state index is 0.148. The fraction of sp³-hybridized carbons (Fsp3) is 0.333. The van der Waals surface area contributed by atoms with Crippen LogP contribution in [-0.4, -0.2) is 51.7 Å². The highest BCUT2D eigenvalue weighted by Crippen LogP contribution is 2.04. The van der Waals surface area contributed by atoms with Crippen molar-refractivity contribution in [3.05, 3.63) is 35.9 Å². The lowest BCUT2D eigenvalue weighted by molar-refractivity contribution is 0.0821. The van der Waals surface area contributed by atoms with E-state index in [1.165, 1.54) is 9.58 Å². The Bertz CT molecular complexity index is 560. The van der Waals surface area contributed by atoms with Crippen molar-refractivity contribution in [3.8, 4) is 5.95 Å². The van der Waals surface area contributed by atoms with Gasteiger partial charge in [-0.15, -0.1) is 0 Å². The van der Waals surface area contributed by atoms with E-state index < -0.39 is 0 Å². The number of nitrogens with one attached hydrogen (secondary N) is 1. The molecule has 19 heavy (non-hydrogen) atoms. The summed E-state index contributed by atoms with van der Waals surface area (Å²) in [7, 11) is 5.23. The molecule has 0 aliphatic carbocycles. The predicted octanol–water partition coefficient (Wildman–Crippen LogP) is 0.0835. The van der Waals surface area contributed by atoms with Crippen molar-refractivity contribution < 1.29 is 4.79 Å². The van der Waals surface area contributed by atoms with Crippen LogP contribution in [0.2, 0.25) is 0 Å². The van der Waals surface area contributed by atoms with Gasteiger partial charge in [0.1, 0.15) is 0 Å². The minimum Gasteiger partial charge on any atom is -0.343 e. The number of hydrogen-bond acceptors (Lipinski definition) is 5. The van der Waals surface area contributed by atoms with Gasteiger partial charge in [-0.05, 0) is 13.1 Å². The fourth-order valence-corrected chi connectivity index (χ4v) is 1.54. The van der Waals surface area contributed by atoms with Crippen LogP contribution in [-0.2, 0) is 6.54 Å². The first-order valence-electron chi connectivity index (χ1n) is 5.85. The molecule has 2 rings (SSSR count). The molecule has 0 bridgehead atoms. The molecular formula is C12H16N6O. The second-order valence-corrected chi connectivity index (χ2v) is 4.27. The van der Waals surface area contributed by atoms with E-state index in [4.69, 9.17) is 0 Å². The summed E-state index contributed by atoms with van der Waals surface area (Å²) in [6.07, 6.45) is 5.13. The molecule has 0 aliphatic heterocycles. The van der Waals surface area contributed by atoms with Gasteiger partial charge in [-0.1, -0.05) is 0 Å². The molecule has 0 atom stereocenters. The molecule has 1 N–H and O–H groups in total. The third-order valence-electron chi connectivity index (χ3n) is 2.49. The highest BCUT2D eigenvalue weighted by molar-refractivity contribution is 5.91. The van der Waals surface area contributed by atoms with E-state index in [1.54, 1.807) is 38.8 Å². The average molecular weight is 260 g/mol. The van der Waals surface area contributed by atoms with Gasteiger partial charge in [0, 0.05) is 44.8 Å². The number of hydrogen-bond donors (Lipinski definition) is 1. The smallest absolute Gasteiger partial charge is 0.273 e. The SMILES string of the molecule is CNCc1cnc(-n2ccc(C(=O)N(C)C)n2)nc1. The number of carbonyl (C=O) groups is 1. The fourth-order valence-electron chi connectivity index (χ4n) is 1.54. The molecule has 0 unspecified atom stereocenters. The molecule has 7 heteroatoms. The highest BCUT2D eigenvalue weighted by Gasteiger charge is 2.12. The lowest BCUT2D eigenvalue weighted by Crippen LogP contribution is -2.22. The first kappa shape index (κ1) is 13.2. The van der Waals surface area contributed by atoms with Gasteiger partial charge < -0.3 is 10.2 Å². The predicted molar refractivity (Wildman–Crippen MR) is 69.9 cm³/mol. The van der Waals surface area contributed by atoms with Crippen LogP contribution in [0.25, 0.3) is 5.95 Å². The van der Waals surface area contributed by atoms with Crippen molar-refractivity contribution in [1.29, 1.82) is 0 Å². The van der Waals surface area contributed by atoms with Crippen molar-refractivity contribution in [2.45, 2.75) is 6.54 Å². The van der Waals surface area contributed by atoms with Gasteiger partial charge in [0.25, 0.3) is 5.91 Å². The highest BCUT2D eigenvalue weighted by atomic mass is 16.2. The number of aromatic nitrogens is 4. The van der Waals surface area contributed by atoms with Crippen LogP contribution in [0.4, 0.5) is 0 Å². The van der Waals surface area contributed by atoms with Crippen molar-refractivity contribution in [3.63, 3.8) is 0 Å². The maximum Gasteiger partial charge on any atom is 0.273 e. The zero-order chi connectivity index (χ0) is 13.8. The van der Waals surface area contributed by atoms with Crippen LogP contribution in [0.3, 0.4) is 0 Å². The molecule has 7 nitrogen and oxygen atoms in total. The van der Waals surface area contributed by atoms with Gasteiger partial charge in [0.15, 0.2) is 5.69 Å². The summed E-state index contributed by atoms with van der Waals surface area (Å²) in [6, 6.07) is 1.65. The minimum atomic E-state index is -0.148. The second kappa shape index (κ2) is 5.57. The first-order chi connectivity index (χ1) is 9.11. The molecule has 0 aromatic carbocycles. The number of nitrogens with zero attached hydrogens (tertiary/aromatic N) is 5. The second-order valence-electron chi connectivity index (χ2n) is 4.27. The van der Waals surface area contributed by atoms with Gasteiger partial charge in [0.05, 0.1) is 0 Å². The Morgan fingerprint density at radius 2 is 2.05 bits per heavy atom. The molecule has 2 aromatic heterocycles. The molecule has 2 aromatic rings. The largest absolute Gasteiger partial charge is 0.343 e. The van der Waals surface area contributed by atoms with Gasteiger partial charge in [0.2, 0.25) is 5.95 Å². The van der Waals surface area contributed by atoms with E-state index in [-0.39, 0.29) is 5.91 Å². The van der Waals surface area contributed by atoms with E-state index in [0.29, 0.717) is 18.2 Å². The lowest BCUT2D eigenvalue weighted by atomic mass is 10.3. The Kier molecular flexibility index (Phi) is 3.86. The third-order valence-corrected chi connectivity index (χ3v) is 2.49. The standard InChI is InChI=1S/C12H16N6O/c1-13-6-9-7-14-12(15-8-9)18-5-4-10(16-18)11(19)17(2)3/h4-5,7-8,13H,6H2,1-3H3. The summed E-state index contributed by atoms with van der Waals surface area (Å²) >= 11 is 0. The summed E-state index contributed by atoms with van der Waals surface area (Å²) in [5, 5.41) is 7.18. The molecular weight excluding hydrogens is 244 g/mol. The van der Waals surface area contributed by atoms with E-state index in [2.05, 4.69) is 20.4 Å². The Balaban J connectivity index is 2.20. The van der Waals surface area contributed by atoms with Gasteiger partial charge >= 0.3 is 0 Å². The lowest BCUT2D eigenvalue weighted by Gasteiger charge is -2.06. The average Bonchev–Trinajstić information content (AvgIpc) is 2.88. The van der Waals surface area contributed by atoms with Crippen molar-refractivity contribution >= 4 is 5.91 Å². The third kappa shape index (κ3) is 2.94. The van der Waals surface area contributed by atoms with Crippen molar-refractivity contribution in [2.75, 3.05) is 21.1 Å². The van der Waals surface area contributed by atoms with Crippen molar-refractivity contribution in [1.82, 2.24) is 30.0 Å². The molecule has 0 fully saturated rings. The van der Waals surface area contributed by atoms with Gasteiger partial charge in [-0.25, -0.2) is 14.6 Å². The summed E-state index contributed by atoms with van der Waals surface area (Å²) < 4.78 is 1.49. The zero-order valence-electron chi connectivity index (χ0n) is 11.2. The Morgan fingerprint density at radius 3 is 2.63 bits per heavy atom. The monoisotopic (exact) mass is 260 g/mol. The molecule has 0 saturated carbocycles. The molecule has 0 aliphatic rings. The van der Waals surface area contributed by atoms with Crippen LogP contribution >= 0.6 is 0 Å². The van der Waals surface area contributed by atoms with Crippen LogP contribution in [0.1, 0.15) is 16.1 Å². The maximum atomic E-state index is 11.7. The number of carbonyl (C=O) groups excluding carboxylic acids is 1. The normalized spacial score (nSPS) is 10.5. The summed E-state index contributed by atoms with van der Waals surface area (Å²) in [6.45, 7) is 0.712. The van der Waals surface area contributed by atoms with Gasteiger partial charge in [-0.3, -0.25) is 4.79 Å². The van der Waals surface area contributed by atoms with E-state index in [9.17, 15) is 4.79 Å². The van der Waals surface area contributed by atoms with Crippen LogP contribution in [0.15, 0.2) is 24.7 Å². The van der Waals surface area contributed by atoms with E-state index in [1.807, 2.05) is 7.05 Å². The molecule has 0 spiro atoms. The molecule has 0 radical (unpaired) electrons. The molecule has 1 amide bonds. The molecule has 0 saturated heterocycles. The first-order valence-corrected chi connectivity index (χ1v) is 5.85. The Morgan fingerprint density at radius 1 is 1.37 bits per heavy atom. The van der Waals surface area contributed by atoms with Crippen LogP contribution < -0.4 is 5.32 Å². The zero-order valence-corrected chi connectivity index (χ0v) is 11.2. The van der Waals surface area contributed by atoms with Crippen molar-refractivity contribution in [2.24, 2.45) is 0 Å². The quantitative estimate of drug-likeness (QED) is 0.842. The van der Waals surface area contributed by atoms with Crippen LogP contribution in [0, 0.1) is 0 Å². The summed E-state index contributed by atoms with van der Waals surface area (Å²) in [5.41, 5.74) is 1.36. The molecule has 100 valence electrons. The summed E-state index contributed by atoms with van der Waals surface area (Å²) in [4.78, 5) is 21.6. The maximum absolute atomic E-state index is 11.7. The summed E-state index contributed by atoms with van der Waals surface area (Å²) in [5.74, 6) is 0.295. The topological polar surface area (TPSA) is 75.9 Å². The van der Waals surface area contributed by atoms with E-state index in [0.717, 1.165) is 5.56 Å².